The summed E-state index contributed by atoms with van der Waals surface area (Å²) in [5.74, 6) is 0.107. The molecule has 2 heterocycles. The molecule has 0 radical (unpaired) electrons. The normalized spacial score (nSPS) is 11.3. The molecule has 3 rings (SSSR count). The maximum Gasteiger partial charge on any atom is 0.353 e. The molecular weight excluding hydrogens is 268 g/mol. The van der Waals surface area contributed by atoms with Crippen molar-refractivity contribution in [3.05, 3.63) is 50.7 Å². The smallest absolute Gasteiger partial charge is 0.353 e. The fraction of sp³-hybridized carbons (Fsp3) is 0.312. The Hall–Kier alpha value is -2.43. The van der Waals surface area contributed by atoms with Crippen LogP contribution in [0.1, 0.15) is 25.3 Å². The van der Waals surface area contributed by atoms with Gasteiger partial charge in [-0.2, -0.15) is 4.98 Å². The number of benzene rings is 1. The van der Waals surface area contributed by atoms with Gasteiger partial charge in [-0.1, -0.05) is 25.5 Å². The van der Waals surface area contributed by atoms with Crippen LogP contribution in [0.2, 0.25) is 0 Å². The number of hydrogen-bond donors (Lipinski definition) is 0. The fourth-order valence-electron chi connectivity index (χ4n) is 2.35. The van der Waals surface area contributed by atoms with E-state index >= 15 is 0 Å². The molecule has 0 N–H and O–H groups in total. The molecule has 2 aliphatic rings. The number of aromatic nitrogens is 2. The highest BCUT2D eigenvalue weighted by Gasteiger charge is 2.17. The van der Waals surface area contributed by atoms with Crippen molar-refractivity contribution in [2.24, 2.45) is 0 Å². The molecule has 0 atom stereocenters. The minimum absolute atomic E-state index is 0.107. The lowest BCUT2D eigenvalue weighted by Gasteiger charge is -2.09. The predicted molar refractivity (Wildman–Crippen MR) is 80.8 cm³/mol. The van der Waals surface area contributed by atoms with Gasteiger partial charge in [0, 0.05) is 11.9 Å². The van der Waals surface area contributed by atoms with Gasteiger partial charge in [-0.05, 0) is 31.0 Å². The van der Waals surface area contributed by atoms with Gasteiger partial charge in [-0.25, -0.2) is 4.79 Å². The molecule has 1 aromatic rings. The van der Waals surface area contributed by atoms with E-state index in [1.807, 2.05) is 32.0 Å². The second-order valence-corrected chi connectivity index (χ2v) is 5.21. The Kier molecular flexibility index (Phi) is 3.33. The van der Waals surface area contributed by atoms with Crippen molar-refractivity contribution in [3.63, 3.8) is 0 Å². The Morgan fingerprint density at radius 2 is 2.05 bits per heavy atom. The van der Waals surface area contributed by atoms with E-state index in [9.17, 15) is 9.59 Å². The van der Waals surface area contributed by atoms with Gasteiger partial charge in [0.05, 0.1) is 0 Å². The van der Waals surface area contributed by atoms with Crippen LogP contribution in [0.15, 0.2) is 38.3 Å². The van der Waals surface area contributed by atoms with Gasteiger partial charge >= 0.3 is 5.69 Å². The molecule has 21 heavy (non-hydrogen) atoms. The molecule has 0 saturated carbocycles. The molecule has 0 fully saturated rings. The van der Waals surface area contributed by atoms with Gasteiger partial charge in [0.15, 0.2) is 0 Å². The molecule has 2 aliphatic heterocycles. The predicted octanol–water partition coefficient (Wildman–Crippen LogP) is 2.56. The SMILES string of the molecule is CCCCn1c(=O)nc2oc3cc(C)ccc3cc-2c1=O. The second-order valence-electron chi connectivity index (χ2n) is 5.21. The largest absolute Gasteiger partial charge is 0.437 e. The molecule has 5 nitrogen and oxygen atoms in total. The first kappa shape index (κ1) is 13.5. The van der Waals surface area contributed by atoms with Crippen molar-refractivity contribution in [1.82, 2.24) is 9.55 Å². The Morgan fingerprint density at radius 1 is 1.24 bits per heavy atom. The summed E-state index contributed by atoms with van der Waals surface area (Å²) in [5, 5.41) is 0.827. The zero-order chi connectivity index (χ0) is 15.0. The van der Waals surface area contributed by atoms with E-state index < -0.39 is 5.69 Å². The van der Waals surface area contributed by atoms with Crippen LogP contribution in [-0.4, -0.2) is 9.55 Å². The van der Waals surface area contributed by atoms with Crippen LogP contribution >= 0.6 is 0 Å². The number of rotatable bonds is 3. The average molecular weight is 284 g/mol. The molecular formula is C16H16N2O3. The molecule has 0 aromatic heterocycles. The van der Waals surface area contributed by atoms with Crippen LogP contribution in [0, 0.1) is 6.92 Å². The minimum atomic E-state index is -0.545. The summed E-state index contributed by atoms with van der Waals surface area (Å²) in [5.41, 5.74) is 1.15. The molecule has 0 spiro atoms. The van der Waals surface area contributed by atoms with Crippen molar-refractivity contribution >= 4 is 11.0 Å². The van der Waals surface area contributed by atoms with Crippen molar-refractivity contribution < 1.29 is 4.42 Å². The second kappa shape index (κ2) is 5.16. The number of aryl methyl sites for hydroxylation is 1. The standard InChI is InChI=1S/C16H16N2O3/c1-3-4-7-18-15(19)12-9-11-6-5-10(2)8-13(11)21-14(12)17-16(18)20/h5-6,8-9H,3-4,7H2,1-2H3. The van der Waals surface area contributed by atoms with Gasteiger partial charge in [0.25, 0.3) is 5.56 Å². The van der Waals surface area contributed by atoms with Gasteiger partial charge in [0.1, 0.15) is 11.1 Å². The van der Waals surface area contributed by atoms with Crippen LogP contribution in [-0.2, 0) is 6.54 Å². The Balaban J connectivity index is 2.31. The van der Waals surface area contributed by atoms with E-state index in [1.54, 1.807) is 6.07 Å². The average Bonchev–Trinajstić information content (AvgIpc) is 2.45. The van der Waals surface area contributed by atoms with E-state index in [0.717, 1.165) is 23.8 Å². The summed E-state index contributed by atoms with van der Waals surface area (Å²) < 4.78 is 6.81. The van der Waals surface area contributed by atoms with Crippen LogP contribution in [0.25, 0.3) is 22.4 Å². The van der Waals surface area contributed by atoms with Crippen molar-refractivity contribution in [3.8, 4) is 11.5 Å². The summed E-state index contributed by atoms with van der Waals surface area (Å²) in [7, 11) is 0. The highest BCUT2D eigenvalue weighted by molar-refractivity contribution is 5.82. The summed E-state index contributed by atoms with van der Waals surface area (Å²) in [4.78, 5) is 28.3. The fourth-order valence-corrected chi connectivity index (χ4v) is 2.35. The highest BCUT2D eigenvalue weighted by atomic mass is 16.3. The minimum Gasteiger partial charge on any atom is -0.437 e. The maximum absolute atomic E-state index is 12.4. The van der Waals surface area contributed by atoms with Crippen molar-refractivity contribution in [2.45, 2.75) is 33.2 Å². The van der Waals surface area contributed by atoms with Gasteiger partial charge < -0.3 is 4.42 Å². The first-order valence-electron chi connectivity index (χ1n) is 7.05. The van der Waals surface area contributed by atoms with E-state index in [1.165, 1.54) is 4.57 Å². The number of hydrogen-bond acceptors (Lipinski definition) is 4. The molecule has 5 heteroatoms. The zero-order valence-electron chi connectivity index (χ0n) is 12.0. The van der Waals surface area contributed by atoms with E-state index in [2.05, 4.69) is 4.98 Å². The van der Waals surface area contributed by atoms with Crippen molar-refractivity contribution in [2.75, 3.05) is 0 Å². The number of nitrogens with zero attached hydrogens (tertiary/aromatic N) is 2. The molecule has 108 valence electrons. The third-order valence-corrected chi connectivity index (χ3v) is 3.54. The topological polar surface area (TPSA) is 65.1 Å². The first-order chi connectivity index (χ1) is 10.1. The van der Waals surface area contributed by atoms with E-state index in [0.29, 0.717) is 17.7 Å². The monoisotopic (exact) mass is 284 g/mol. The first-order valence-corrected chi connectivity index (χ1v) is 7.05. The Labute approximate surface area is 121 Å². The number of unbranched alkanes of at least 4 members (excludes halogenated alkanes) is 1. The third-order valence-electron chi connectivity index (χ3n) is 3.54. The van der Waals surface area contributed by atoms with Gasteiger partial charge in [-0.15, -0.1) is 0 Å². The molecule has 0 aliphatic carbocycles. The lowest BCUT2D eigenvalue weighted by atomic mass is 10.1. The van der Waals surface area contributed by atoms with E-state index in [4.69, 9.17) is 4.42 Å². The Bertz CT molecular complexity index is 892. The molecule has 1 aromatic carbocycles. The molecule has 0 bridgehead atoms. The molecule has 0 amide bonds. The quantitative estimate of drug-likeness (QED) is 0.693. The van der Waals surface area contributed by atoms with Gasteiger partial charge in [0.2, 0.25) is 5.89 Å². The highest BCUT2D eigenvalue weighted by Crippen LogP contribution is 2.23. The van der Waals surface area contributed by atoms with Crippen LogP contribution in [0.3, 0.4) is 0 Å². The summed E-state index contributed by atoms with van der Waals surface area (Å²) in [6.45, 7) is 4.35. The van der Waals surface area contributed by atoms with Crippen molar-refractivity contribution in [1.29, 1.82) is 0 Å². The maximum atomic E-state index is 12.4. The lowest BCUT2D eigenvalue weighted by Crippen LogP contribution is -2.36. The summed E-state index contributed by atoms with van der Waals surface area (Å²) >= 11 is 0. The van der Waals surface area contributed by atoms with E-state index in [-0.39, 0.29) is 11.4 Å². The summed E-state index contributed by atoms with van der Waals surface area (Å²) in [6, 6.07) is 7.46. The molecule has 0 unspecified atom stereocenters. The lowest BCUT2D eigenvalue weighted by molar-refractivity contribution is 0.548. The number of fused-ring (bicyclic) bond motifs is 2. The molecule has 0 saturated heterocycles. The summed E-state index contributed by atoms with van der Waals surface area (Å²) in [6.07, 6.45) is 1.68. The van der Waals surface area contributed by atoms with Crippen LogP contribution in [0.4, 0.5) is 0 Å². The Morgan fingerprint density at radius 3 is 2.81 bits per heavy atom. The van der Waals surface area contributed by atoms with Crippen LogP contribution in [0.5, 0.6) is 0 Å². The van der Waals surface area contributed by atoms with Crippen LogP contribution < -0.4 is 11.2 Å². The van der Waals surface area contributed by atoms with Gasteiger partial charge in [-0.3, -0.25) is 9.36 Å². The third kappa shape index (κ3) is 2.35. The zero-order valence-corrected chi connectivity index (χ0v) is 12.0.